The Bertz CT molecular complexity index is 105. The Morgan fingerprint density at radius 1 is 1.27 bits per heavy atom. The SMILES string of the molecule is CC(Cl)OCC(C)C(C)(C)C. The first-order valence-electron chi connectivity index (χ1n) is 4.09. The van der Waals surface area contributed by atoms with E-state index >= 15 is 0 Å². The molecular formula is C9H19ClO. The van der Waals surface area contributed by atoms with Crippen LogP contribution in [0.1, 0.15) is 34.6 Å². The molecule has 0 saturated carbocycles. The van der Waals surface area contributed by atoms with E-state index in [1.165, 1.54) is 0 Å². The van der Waals surface area contributed by atoms with E-state index in [1.807, 2.05) is 6.92 Å². The van der Waals surface area contributed by atoms with Crippen molar-refractivity contribution in [3.05, 3.63) is 0 Å². The van der Waals surface area contributed by atoms with Crippen LogP contribution in [0.3, 0.4) is 0 Å². The number of halogens is 1. The molecule has 0 amide bonds. The molecule has 2 heteroatoms. The highest BCUT2D eigenvalue weighted by Gasteiger charge is 2.20. The van der Waals surface area contributed by atoms with Crippen molar-refractivity contribution in [1.82, 2.24) is 0 Å². The summed E-state index contributed by atoms with van der Waals surface area (Å²) in [6.07, 6.45) is 0. The van der Waals surface area contributed by atoms with Crippen LogP contribution in [0.2, 0.25) is 0 Å². The molecule has 2 unspecified atom stereocenters. The minimum Gasteiger partial charge on any atom is -0.362 e. The second-order valence-electron chi connectivity index (χ2n) is 4.14. The minimum atomic E-state index is -0.167. The second-order valence-corrected chi connectivity index (χ2v) is 4.76. The van der Waals surface area contributed by atoms with Gasteiger partial charge in [-0.2, -0.15) is 0 Å². The zero-order valence-corrected chi connectivity index (χ0v) is 8.90. The lowest BCUT2D eigenvalue weighted by Crippen LogP contribution is -2.23. The molecule has 0 rings (SSSR count). The van der Waals surface area contributed by atoms with Crippen molar-refractivity contribution >= 4 is 11.6 Å². The molecule has 0 fully saturated rings. The lowest BCUT2D eigenvalue weighted by Gasteiger charge is -2.27. The maximum absolute atomic E-state index is 5.65. The summed E-state index contributed by atoms with van der Waals surface area (Å²) in [5, 5.41) is 0. The van der Waals surface area contributed by atoms with Gasteiger partial charge in [-0.15, -0.1) is 0 Å². The number of hydrogen-bond donors (Lipinski definition) is 0. The highest BCUT2D eigenvalue weighted by molar-refractivity contribution is 6.19. The summed E-state index contributed by atoms with van der Waals surface area (Å²) in [6.45, 7) is 11.4. The number of rotatable bonds is 3. The van der Waals surface area contributed by atoms with Gasteiger partial charge in [0.25, 0.3) is 0 Å². The van der Waals surface area contributed by atoms with Gasteiger partial charge in [0.15, 0.2) is 0 Å². The standard InChI is InChI=1S/C9H19ClO/c1-7(9(3,4)5)6-11-8(2)10/h7-8H,6H2,1-5H3. The Morgan fingerprint density at radius 3 is 2.00 bits per heavy atom. The summed E-state index contributed by atoms with van der Waals surface area (Å²) in [6, 6.07) is 0. The third kappa shape index (κ3) is 5.51. The molecule has 0 aromatic heterocycles. The highest BCUT2D eigenvalue weighted by atomic mass is 35.5. The molecule has 68 valence electrons. The normalized spacial score (nSPS) is 18.0. The fraction of sp³-hybridized carbons (Fsp3) is 1.00. The topological polar surface area (TPSA) is 9.23 Å². The molecule has 0 radical (unpaired) electrons. The molecule has 0 aliphatic rings. The van der Waals surface area contributed by atoms with Crippen LogP contribution in [-0.4, -0.2) is 12.2 Å². The Kier molecular flexibility index (Phi) is 4.42. The van der Waals surface area contributed by atoms with Gasteiger partial charge in [-0.1, -0.05) is 39.3 Å². The summed E-state index contributed by atoms with van der Waals surface area (Å²) in [7, 11) is 0. The summed E-state index contributed by atoms with van der Waals surface area (Å²) >= 11 is 5.65. The first-order chi connectivity index (χ1) is 4.84. The molecule has 1 nitrogen and oxygen atoms in total. The molecule has 0 heterocycles. The predicted molar refractivity (Wildman–Crippen MR) is 49.9 cm³/mol. The maximum atomic E-state index is 5.65. The Labute approximate surface area is 75.1 Å². The fourth-order valence-corrected chi connectivity index (χ4v) is 0.600. The average molecular weight is 179 g/mol. The highest BCUT2D eigenvalue weighted by Crippen LogP contribution is 2.25. The van der Waals surface area contributed by atoms with E-state index in [2.05, 4.69) is 27.7 Å². The first kappa shape index (κ1) is 11.2. The molecule has 0 bridgehead atoms. The van der Waals surface area contributed by atoms with Gasteiger partial charge in [0.2, 0.25) is 0 Å². The van der Waals surface area contributed by atoms with Crippen molar-refractivity contribution in [1.29, 1.82) is 0 Å². The molecule has 0 N–H and O–H groups in total. The van der Waals surface area contributed by atoms with Gasteiger partial charge in [0.05, 0.1) is 6.61 Å². The summed E-state index contributed by atoms with van der Waals surface area (Å²) < 4.78 is 5.30. The Hall–Kier alpha value is 0.250. The molecule has 11 heavy (non-hydrogen) atoms. The Morgan fingerprint density at radius 2 is 1.73 bits per heavy atom. The Balaban J connectivity index is 3.61. The molecule has 0 saturated heterocycles. The van der Waals surface area contributed by atoms with Gasteiger partial charge in [-0.25, -0.2) is 0 Å². The van der Waals surface area contributed by atoms with Crippen LogP contribution in [-0.2, 0) is 4.74 Å². The third-order valence-corrected chi connectivity index (χ3v) is 2.18. The minimum absolute atomic E-state index is 0.167. The molecule has 0 aliphatic carbocycles. The van der Waals surface area contributed by atoms with Crippen molar-refractivity contribution < 1.29 is 4.74 Å². The van der Waals surface area contributed by atoms with Gasteiger partial charge >= 0.3 is 0 Å². The van der Waals surface area contributed by atoms with Crippen LogP contribution in [0.25, 0.3) is 0 Å². The monoisotopic (exact) mass is 178 g/mol. The van der Waals surface area contributed by atoms with Gasteiger partial charge < -0.3 is 4.74 Å². The van der Waals surface area contributed by atoms with Crippen molar-refractivity contribution in [2.24, 2.45) is 11.3 Å². The average Bonchev–Trinajstić information content (AvgIpc) is 1.80. The molecular weight excluding hydrogens is 160 g/mol. The van der Waals surface area contributed by atoms with E-state index < -0.39 is 0 Å². The predicted octanol–water partition coefficient (Wildman–Crippen LogP) is 3.27. The van der Waals surface area contributed by atoms with Gasteiger partial charge in [-0.05, 0) is 18.3 Å². The van der Waals surface area contributed by atoms with Gasteiger partial charge in [0.1, 0.15) is 5.56 Å². The summed E-state index contributed by atoms with van der Waals surface area (Å²) in [5.74, 6) is 0.545. The van der Waals surface area contributed by atoms with Gasteiger partial charge in [0, 0.05) is 0 Å². The summed E-state index contributed by atoms with van der Waals surface area (Å²) in [5.41, 5.74) is 0.144. The number of hydrogen-bond acceptors (Lipinski definition) is 1. The maximum Gasteiger partial charge on any atom is 0.128 e. The van der Waals surface area contributed by atoms with Crippen molar-refractivity contribution in [3.63, 3.8) is 0 Å². The van der Waals surface area contributed by atoms with Crippen LogP contribution >= 0.6 is 11.6 Å². The van der Waals surface area contributed by atoms with E-state index in [1.54, 1.807) is 0 Å². The van der Waals surface area contributed by atoms with E-state index in [0.717, 1.165) is 6.61 Å². The largest absolute Gasteiger partial charge is 0.362 e. The fourth-order valence-electron chi connectivity index (χ4n) is 0.527. The van der Waals surface area contributed by atoms with Crippen LogP contribution in [0.15, 0.2) is 0 Å². The molecule has 0 aliphatic heterocycles. The van der Waals surface area contributed by atoms with Crippen LogP contribution in [0, 0.1) is 11.3 Å². The van der Waals surface area contributed by atoms with Crippen LogP contribution in [0.4, 0.5) is 0 Å². The van der Waals surface area contributed by atoms with Crippen LogP contribution < -0.4 is 0 Å². The van der Waals surface area contributed by atoms with E-state index in [9.17, 15) is 0 Å². The van der Waals surface area contributed by atoms with Crippen molar-refractivity contribution in [2.45, 2.75) is 40.2 Å². The second kappa shape index (κ2) is 4.32. The van der Waals surface area contributed by atoms with Crippen molar-refractivity contribution in [2.75, 3.05) is 6.61 Å². The lowest BCUT2D eigenvalue weighted by molar-refractivity contribution is 0.0533. The molecule has 2 atom stereocenters. The molecule has 0 aromatic rings. The first-order valence-corrected chi connectivity index (χ1v) is 4.53. The van der Waals surface area contributed by atoms with Crippen LogP contribution in [0.5, 0.6) is 0 Å². The third-order valence-electron chi connectivity index (χ3n) is 2.05. The quantitative estimate of drug-likeness (QED) is 0.603. The number of ether oxygens (including phenoxy) is 1. The lowest BCUT2D eigenvalue weighted by atomic mass is 9.83. The zero-order chi connectivity index (χ0) is 9.07. The zero-order valence-electron chi connectivity index (χ0n) is 8.15. The van der Waals surface area contributed by atoms with Gasteiger partial charge in [-0.3, -0.25) is 0 Å². The van der Waals surface area contributed by atoms with E-state index in [-0.39, 0.29) is 5.56 Å². The number of alkyl halides is 1. The molecule has 0 aromatic carbocycles. The molecule has 0 spiro atoms. The van der Waals surface area contributed by atoms with E-state index in [4.69, 9.17) is 16.3 Å². The van der Waals surface area contributed by atoms with E-state index in [0.29, 0.717) is 11.3 Å². The smallest absolute Gasteiger partial charge is 0.128 e. The summed E-state index contributed by atoms with van der Waals surface area (Å²) in [4.78, 5) is 0. The van der Waals surface area contributed by atoms with Crippen molar-refractivity contribution in [3.8, 4) is 0 Å².